The van der Waals surface area contributed by atoms with Gasteiger partial charge in [0.15, 0.2) is 0 Å². The van der Waals surface area contributed by atoms with Gasteiger partial charge in [-0.2, -0.15) is 0 Å². The number of carbonyl (C=O) groups excluding carboxylic acids is 1. The van der Waals surface area contributed by atoms with Crippen molar-refractivity contribution in [3.8, 4) is 0 Å². The van der Waals surface area contributed by atoms with Crippen molar-refractivity contribution in [2.24, 2.45) is 5.14 Å². The summed E-state index contributed by atoms with van der Waals surface area (Å²) in [5.41, 5.74) is 2.02. The summed E-state index contributed by atoms with van der Waals surface area (Å²) < 4.78 is 24.2. The fourth-order valence-corrected chi connectivity index (χ4v) is 2.90. The summed E-state index contributed by atoms with van der Waals surface area (Å²) >= 11 is 0. The zero-order valence-corrected chi connectivity index (χ0v) is 13.5. The van der Waals surface area contributed by atoms with E-state index in [1.54, 1.807) is 41.1 Å². The Hall–Kier alpha value is -2.71. The average Bonchev–Trinajstić information content (AvgIpc) is 3.03. The van der Waals surface area contributed by atoms with E-state index >= 15 is 0 Å². The standard InChI is InChI=1S/C16H16N4O3S/c17-24(22,23)13-5-3-12(4-6-13)7-8-19-16(21)14-2-1-10-20-11-9-18-15(14)20/h1-6,9-11H,7-8H2,(H,19,21)(H2,17,22,23). The number of amides is 1. The normalized spacial score (nSPS) is 11.5. The van der Waals surface area contributed by atoms with E-state index in [9.17, 15) is 13.2 Å². The predicted molar refractivity (Wildman–Crippen MR) is 89.0 cm³/mol. The van der Waals surface area contributed by atoms with Crippen molar-refractivity contribution in [2.45, 2.75) is 11.3 Å². The minimum absolute atomic E-state index is 0.0706. The van der Waals surface area contributed by atoms with Crippen molar-refractivity contribution in [1.82, 2.24) is 14.7 Å². The molecule has 8 heteroatoms. The number of pyridine rings is 1. The number of imidazole rings is 1. The molecular formula is C16H16N4O3S. The van der Waals surface area contributed by atoms with E-state index in [0.29, 0.717) is 24.2 Å². The molecule has 0 saturated heterocycles. The third-order valence-corrected chi connectivity index (χ3v) is 4.54. The van der Waals surface area contributed by atoms with Gasteiger partial charge in [0.05, 0.1) is 10.5 Å². The van der Waals surface area contributed by atoms with Gasteiger partial charge >= 0.3 is 0 Å². The van der Waals surface area contributed by atoms with Crippen LogP contribution in [0.25, 0.3) is 5.65 Å². The number of hydrogen-bond donors (Lipinski definition) is 2. The molecule has 0 unspecified atom stereocenters. The molecule has 0 radical (unpaired) electrons. The SMILES string of the molecule is NS(=O)(=O)c1ccc(CCNC(=O)c2cccn3ccnc23)cc1. The Morgan fingerprint density at radius 2 is 1.92 bits per heavy atom. The van der Waals surface area contributed by atoms with Gasteiger partial charge in [0.25, 0.3) is 5.91 Å². The summed E-state index contributed by atoms with van der Waals surface area (Å²) in [6.45, 7) is 0.426. The molecule has 3 rings (SSSR count). The first-order valence-corrected chi connectivity index (χ1v) is 8.81. The minimum atomic E-state index is -3.68. The van der Waals surface area contributed by atoms with Gasteiger partial charge in [-0.1, -0.05) is 12.1 Å². The summed E-state index contributed by atoms with van der Waals surface area (Å²) in [5, 5.41) is 7.89. The molecule has 3 aromatic rings. The quantitative estimate of drug-likeness (QED) is 0.719. The van der Waals surface area contributed by atoms with Gasteiger partial charge in [-0.15, -0.1) is 0 Å². The Morgan fingerprint density at radius 3 is 2.62 bits per heavy atom. The fourth-order valence-electron chi connectivity index (χ4n) is 2.39. The van der Waals surface area contributed by atoms with Crippen LogP contribution < -0.4 is 10.5 Å². The van der Waals surface area contributed by atoms with Crippen LogP contribution in [0.5, 0.6) is 0 Å². The number of fused-ring (bicyclic) bond motifs is 1. The maximum Gasteiger partial charge on any atom is 0.255 e. The smallest absolute Gasteiger partial charge is 0.255 e. The molecule has 7 nitrogen and oxygen atoms in total. The lowest BCUT2D eigenvalue weighted by Gasteiger charge is -2.07. The third-order valence-electron chi connectivity index (χ3n) is 3.61. The van der Waals surface area contributed by atoms with Crippen LogP contribution in [0.15, 0.2) is 59.9 Å². The van der Waals surface area contributed by atoms with Crippen LogP contribution in [0, 0.1) is 0 Å². The Labute approximate surface area is 139 Å². The highest BCUT2D eigenvalue weighted by molar-refractivity contribution is 7.89. The maximum absolute atomic E-state index is 12.3. The topological polar surface area (TPSA) is 107 Å². The first kappa shape index (κ1) is 16.2. The molecular weight excluding hydrogens is 328 g/mol. The van der Waals surface area contributed by atoms with Crippen molar-refractivity contribution in [1.29, 1.82) is 0 Å². The minimum Gasteiger partial charge on any atom is -0.352 e. The Kier molecular flexibility index (Phi) is 4.32. The second kappa shape index (κ2) is 6.42. The lowest BCUT2D eigenvalue weighted by molar-refractivity contribution is 0.0955. The lowest BCUT2D eigenvalue weighted by Crippen LogP contribution is -2.26. The van der Waals surface area contributed by atoms with Crippen molar-refractivity contribution in [2.75, 3.05) is 6.54 Å². The number of benzene rings is 1. The molecule has 1 amide bonds. The molecule has 0 aliphatic heterocycles. The molecule has 0 fully saturated rings. The zero-order chi connectivity index (χ0) is 17.2. The average molecular weight is 344 g/mol. The van der Waals surface area contributed by atoms with Crippen molar-refractivity contribution < 1.29 is 13.2 Å². The van der Waals surface area contributed by atoms with Crippen LogP contribution in [0.2, 0.25) is 0 Å². The van der Waals surface area contributed by atoms with E-state index in [1.165, 1.54) is 12.1 Å². The Morgan fingerprint density at radius 1 is 1.17 bits per heavy atom. The summed E-state index contributed by atoms with van der Waals surface area (Å²) in [5.74, 6) is -0.201. The number of nitrogens with one attached hydrogen (secondary N) is 1. The van der Waals surface area contributed by atoms with Gasteiger partial charge in [0.2, 0.25) is 10.0 Å². The summed E-state index contributed by atoms with van der Waals surface area (Å²) in [7, 11) is -3.68. The number of carbonyl (C=O) groups is 1. The molecule has 1 aromatic carbocycles. The number of rotatable bonds is 5. The molecule has 0 spiro atoms. The van der Waals surface area contributed by atoms with E-state index < -0.39 is 10.0 Å². The number of sulfonamides is 1. The van der Waals surface area contributed by atoms with Gasteiger partial charge in [-0.05, 0) is 36.2 Å². The van der Waals surface area contributed by atoms with E-state index in [-0.39, 0.29) is 10.8 Å². The Bertz CT molecular complexity index is 978. The van der Waals surface area contributed by atoms with Gasteiger partial charge in [0, 0.05) is 25.1 Å². The summed E-state index contributed by atoms with van der Waals surface area (Å²) in [6, 6.07) is 9.78. The molecule has 2 heterocycles. The monoisotopic (exact) mass is 344 g/mol. The van der Waals surface area contributed by atoms with Crippen molar-refractivity contribution >= 4 is 21.6 Å². The lowest BCUT2D eigenvalue weighted by atomic mass is 10.1. The van der Waals surface area contributed by atoms with E-state index in [4.69, 9.17) is 5.14 Å². The van der Waals surface area contributed by atoms with Gasteiger partial charge in [0.1, 0.15) is 5.65 Å². The van der Waals surface area contributed by atoms with Crippen LogP contribution in [0.1, 0.15) is 15.9 Å². The first-order chi connectivity index (χ1) is 11.4. The molecule has 0 bridgehead atoms. The van der Waals surface area contributed by atoms with E-state index in [2.05, 4.69) is 10.3 Å². The number of nitrogens with two attached hydrogens (primary N) is 1. The second-order valence-corrected chi connectivity index (χ2v) is 6.84. The number of hydrogen-bond acceptors (Lipinski definition) is 4. The number of aromatic nitrogens is 2. The van der Waals surface area contributed by atoms with Crippen molar-refractivity contribution in [3.05, 3.63) is 66.1 Å². The summed E-state index contributed by atoms with van der Waals surface area (Å²) in [4.78, 5) is 16.5. The van der Waals surface area contributed by atoms with Gasteiger partial charge in [-0.3, -0.25) is 4.79 Å². The largest absolute Gasteiger partial charge is 0.352 e. The fraction of sp³-hybridized carbons (Fsp3) is 0.125. The van der Waals surface area contributed by atoms with Crippen LogP contribution in [-0.4, -0.2) is 30.3 Å². The van der Waals surface area contributed by atoms with Crippen LogP contribution >= 0.6 is 0 Å². The van der Waals surface area contributed by atoms with Crippen LogP contribution in [0.3, 0.4) is 0 Å². The molecule has 0 saturated carbocycles. The van der Waals surface area contributed by atoms with Crippen LogP contribution in [0.4, 0.5) is 0 Å². The zero-order valence-electron chi connectivity index (χ0n) is 12.7. The first-order valence-electron chi connectivity index (χ1n) is 7.27. The highest BCUT2D eigenvalue weighted by Crippen LogP contribution is 2.10. The molecule has 2 aromatic heterocycles. The summed E-state index contributed by atoms with van der Waals surface area (Å²) in [6.07, 6.45) is 5.82. The molecule has 24 heavy (non-hydrogen) atoms. The molecule has 124 valence electrons. The second-order valence-electron chi connectivity index (χ2n) is 5.27. The predicted octanol–water partition coefficient (Wildman–Crippen LogP) is 0.954. The highest BCUT2D eigenvalue weighted by Gasteiger charge is 2.11. The number of nitrogens with zero attached hydrogens (tertiary/aromatic N) is 2. The Balaban J connectivity index is 1.62. The maximum atomic E-state index is 12.3. The third kappa shape index (κ3) is 3.44. The van der Waals surface area contributed by atoms with E-state index in [0.717, 1.165) is 5.56 Å². The van der Waals surface area contributed by atoms with Crippen molar-refractivity contribution in [3.63, 3.8) is 0 Å². The highest BCUT2D eigenvalue weighted by atomic mass is 32.2. The molecule has 0 aliphatic carbocycles. The van der Waals surface area contributed by atoms with Gasteiger partial charge < -0.3 is 9.72 Å². The molecule has 0 atom stereocenters. The molecule has 3 N–H and O–H groups in total. The van der Waals surface area contributed by atoms with Crippen LogP contribution in [-0.2, 0) is 16.4 Å². The number of primary sulfonamides is 1. The van der Waals surface area contributed by atoms with Gasteiger partial charge in [-0.25, -0.2) is 18.5 Å². The molecule has 0 aliphatic rings. The van der Waals surface area contributed by atoms with E-state index in [1.807, 2.05) is 6.20 Å².